The zero-order chi connectivity index (χ0) is 9.35. The minimum absolute atomic E-state index is 0.148. The highest BCUT2D eigenvalue weighted by molar-refractivity contribution is 7.91. The monoisotopic (exact) mass is 206 g/mol. The fourth-order valence-electron chi connectivity index (χ4n) is 0.732. The van der Waals surface area contributed by atoms with Gasteiger partial charge in [0.05, 0.1) is 0 Å². The van der Waals surface area contributed by atoms with Gasteiger partial charge in [0, 0.05) is 10.9 Å². The van der Waals surface area contributed by atoms with Gasteiger partial charge in [-0.05, 0) is 19.1 Å². The molecule has 0 aliphatic carbocycles. The van der Waals surface area contributed by atoms with E-state index in [2.05, 4.69) is 0 Å². The SMILES string of the molecule is C[C@@H](N)c1ccc(S(N)(=O)=O)s1. The highest BCUT2D eigenvalue weighted by atomic mass is 32.2. The molecule has 0 radical (unpaired) electrons. The van der Waals surface area contributed by atoms with E-state index in [0.717, 1.165) is 16.2 Å². The molecule has 0 saturated heterocycles. The molecule has 4 N–H and O–H groups in total. The van der Waals surface area contributed by atoms with Crippen molar-refractivity contribution in [1.29, 1.82) is 0 Å². The molecule has 0 saturated carbocycles. The van der Waals surface area contributed by atoms with Crippen LogP contribution in [0, 0.1) is 0 Å². The highest BCUT2D eigenvalue weighted by Gasteiger charge is 2.12. The Morgan fingerprint density at radius 3 is 2.33 bits per heavy atom. The first kappa shape index (κ1) is 9.66. The van der Waals surface area contributed by atoms with Crippen molar-refractivity contribution in [1.82, 2.24) is 0 Å². The van der Waals surface area contributed by atoms with E-state index < -0.39 is 10.0 Å². The number of nitrogens with two attached hydrogens (primary N) is 2. The second kappa shape index (κ2) is 3.14. The molecule has 0 fully saturated rings. The summed E-state index contributed by atoms with van der Waals surface area (Å²) < 4.78 is 21.8. The van der Waals surface area contributed by atoms with Crippen LogP contribution in [0.1, 0.15) is 17.8 Å². The lowest BCUT2D eigenvalue weighted by Gasteiger charge is -1.97. The maximum atomic E-state index is 10.8. The van der Waals surface area contributed by atoms with E-state index in [1.165, 1.54) is 6.07 Å². The van der Waals surface area contributed by atoms with E-state index >= 15 is 0 Å². The van der Waals surface area contributed by atoms with Gasteiger partial charge in [-0.15, -0.1) is 11.3 Å². The molecule has 0 amide bonds. The predicted octanol–water partition coefficient (Wildman–Crippen LogP) is 0.415. The van der Waals surface area contributed by atoms with Gasteiger partial charge in [-0.1, -0.05) is 0 Å². The second-order valence-corrected chi connectivity index (χ2v) is 5.39. The summed E-state index contributed by atoms with van der Waals surface area (Å²) in [6.07, 6.45) is 0. The Kier molecular flexibility index (Phi) is 2.52. The Morgan fingerprint density at radius 2 is 2.08 bits per heavy atom. The molecule has 1 aromatic heterocycles. The van der Waals surface area contributed by atoms with Crippen LogP contribution < -0.4 is 10.9 Å². The molecular weight excluding hydrogens is 196 g/mol. The zero-order valence-electron chi connectivity index (χ0n) is 6.52. The average molecular weight is 206 g/mol. The van der Waals surface area contributed by atoms with Gasteiger partial charge < -0.3 is 5.73 Å². The van der Waals surface area contributed by atoms with E-state index in [9.17, 15) is 8.42 Å². The van der Waals surface area contributed by atoms with Crippen molar-refractivity contribution in [2.45, 2.75) is 17.2 Å². The Morgan fingerprint density at radius 1 is 1.50 bits per heavy atom. The number of hydrogen-bond acceptors (Lipinski definition) is 4. The van der Waals surface area contributed by atoms with Gasteiger partial charge in [-0.25, -0.2) is 13.6 Å². The minimum Gasteiger partial charge on any atom is -0.324 e. The van der Waals surface area contributed by atoms with E-state index in [0.29, 0.717) is 0 Å². The third kappa shape index (κ3) is 2.04. The van der Waals surface area contributed by atoms with Crippen molar-refractivity contribution >= 4 is 21.4 Å². The van der Waals surface area contributed by atoms with Crippen LogP contribution in [0.15, 0.2) is 16.3 Å². The number of primary sulfonamides is 1. The van der Waals surface area contributed by atoms with Crippen LogP contribution in [0.5, 0.6) is 0 Å². The van der Waals surface area contributed by atoms with Crippen LogP contribution in [0.4, 0.5) is 0 Å². The van der Waals surface area contributed by atoms with Gasteiger partial charge >= 0.3 is 0 Å². The molecule has 1 atom stereocenters. The summed E-state index contributed by atoms with van der Waals surface area (Å²) >= 11 is 1.11. The quantitative estimate of drug-likeness (QED) is 0.735. The fourth-order valence-corrected chi connectivity index (χ4v) is 2.43. The van der Waals surface area contributed by atoms with E-state index in [-0.39, 0.29) is 10.3 Å². The number of hydrogen-bond donors (Lipinski definition) is 2. The van der Waals surface area contributed by atoms with Gasteiger partial charge in [0.25, 0.3) is 0 Å². The summed E-state index contributed by atoms with van der Waals surface area (Å²) in [6.45, 7) is 1.79. The summed E-state index contributed by atoms with van der Waals surface area (Å²) in [6, 6.07) is 3.00. The largest absolute Gasteiger partial charge is 0.324 e. The molecule has 0 aromatic carbocycles. The first-order valence-electron chi connectivity index (χ1n) is 3.29. The summed E-state index contributed by atoms with van der Waals surface area (Å²) in [5, 5.41) is 4.91. The molecule has 4 nitrogen and oxygen atoms in total. The van der Waals surface area contributed by atoms with Crippen molar-refractivity contribution in [3.05, 3.63) is 17.0 Å². The van der Waals surface area contributed by atoms with Gasteiger partial charge in [-0.3, -0.25) is 0 Å². The summed E-state index contributed by atoms with van der Waals surface area (Å²) in [7, 11) is -3.55. The predicted molar refractivity (Wildman–Crippen MR) is 48.3 cm³/mol. The Hall–Kier alpha value is -0.430. The Bertz CT molecular complexity index is 367. The zero-order valence-corrected chi connectivity index (χ0v) is 8.15. The fraction of sp³-hybridized carbons (Fsp3) is 0.333. The topological polar surface area (TPSA) is 86.2 Å². The van der Waals surface area contributed by atoms with E-state index in [1.54, 1.807) is 13.0 Å². The molecular formula is C6H10N2O2S2. The molecule has 1 heterocycles. The van der Waals surface area contributed by atoms with Crippen molar-refractivity contribution in [3.63, 3.8) is 0 Å². The smallest absolute Gasteiger partial charge is 0.247 e. The molecule has 0 spiro atoms. The van der Waals surface area contributed by atoms with Crippen molar-refractivity contribution < 1.29 is 8.42 Å². The third-order valence-electron chi connectivity index (χ3n) is 1.33. The normalized spacial score (nSPS) is 14.6. The molecule has 68 valence electrons. The average Bonchev–Trinajstić information content (AvgIpc) is 2.30. The lowest BCUT2D eigenvalue weighted by Crippen LogP contribution is -2.10. The van der Waals surface area contributed by atoms with E-state index in [4.69, 9.17) is 10.9 Å². The van der Waals surface area contributed by atoms with Crippen LogP contribution in [-0.4, -0.2) is 8.42 Å². The van der Waals surface area contributed by atoms with Crippen LogP contribution in [0.25, 0.3) is 0 Å². The summed E-state index contributed by atoms with van der Waals surface area (Å²) in [5.74, 6) is 0. The summed E-state index contributed by atoms with van der Waals surface area (Å²) in [5.41, 5.74) is 5.55. The Labute approximate surface area is 75.2 Å². The van der Waals surface area contributed by atoms with Gasteiger partial charge in [0.2, 0.25) is 10.0 Å². The first-order valence-corrected chi connectivity index (χ1v) is 5.65. The third-order valence-corrected chi connectivity index (χ3v) is 4.06. The standard InChI is InChI=1S/C6H10N2O2S2/c1-4(7)5-2-3-6(11-5)12(8,9)10/h2-4H,7H2,1H3,(H2,8,9,10)/t4-/m1/s1. The minimum atomic E-state index is -3.55. The summed E-state index contributed by atoms with van der Waals surface area (Å²) in [4.78, 5) is 0.819. The van der Waals surface area contributed by atoms with Gasteiger partial charge in [0.1, 0.15) is 4.21 Å². The molecule has 6 heteroatoms. The molecule has 1 aromatic rings. The van der Waals surface area contributed by atoms with Gasteiger partial charge in [0.15, 0.2) is 0 Å². The molecule has 12 heavy (non-hydrogen) atoms. The maximum absolute atomic E-state index is 10.8. The number of rotatable bonds is 2. The highest BCUT2D eigenvalue weighted by Crippen LogP contribution is 2.24. The maximum Gasteiger partial charge on any atom is 0.247 e. The first-order chi connectivity index (χ1) is 5.41. The van der Waals surface area contributed by atoms with Crippen LogP contribution >= 0.6 is 11.3 Å². The van der Waals surface area contributed by atoms with Crippen LogP contribution in [0.3, 0.4) is 0 Å². The van der Waals surface area contributed by atoms with Crippen molar-refractivity contribution in [2.75, 3.05) is 0 Å². The number of thiophene rings is 1. The number of sulfonamides is 1. The second-order valence-electron chi connectivity index (χ2n) is 2.49. The van der Waals surface area contributed by atoms with Gasteiger partial charge in [-0.2, -0.15) is 0 Å². The lowest BCUT2D eigenvalue weighted by molar-refractivity contribution is 0.600. The van der Waals surface area contributed by atoms with Crippen molar-refractivity contribution in [3.8, 4) is 0 Å². The molecule has 0 aliphatic rings. The van der Waals surface area contributed by atoms with Crippen LogP contribution in [0.2, 0.25) is 0 Å². The molecule has 0 bridgehead atoms. The van der Waals surface area contributed by atoms with Crippen molar-refractivity contribution in [2.24, 2.45) is 10.9 Å². The molecule has 1 rings (SSSR count). The van der Waals surface area contributed by atoms with E-state index in [1.807, 2.05) is 0 Å². The molecule has 0 unspecified atom stereocenters. The lowest BCUT2D eigenvalue weighted by atomic mass is 10.3. The Balaban J connectivity index is 3.09. The molecule has 0 aliphatic heterocycles. The van der Waals surface area contributed by atoms with Crippen LogP contribution in [-0.2, 0) is 10.0 Å².